The first-order valence-electron chi connectivity index (χ1n) is 10.1. The van der Waals surface area contributed by atoms with Crippen LogP contribution in [-0.2, 0) is 9.59 Å². The molecule has 1 aliphatic carbocycles. The van der Waals surface area contributed by atoms with Gasteiger partial charge >= 0.3 is 6.03 Å². The third-order valence-electron chi connectivity index (χ3n) is 6.44. The van der Waals surface area contributed by atoms with E-state index in [0.717, 1.165) is 43.5 Å². The molecule has 0 aromatic rings. The fourth-order valence-corrected chi connectivity index (χ4v) is 4.72. The van der Waals surface area contributed by atoms with E-state index in [1.807, 2.05) is 11.9 Å². The van der Waals surface area contributed by atoms with Crippen LogP contribution in [-0.4, -0.2) is 66.4 Å². The number of piperidine rings is 1. The summed E-state index contributed by atoms with van der Waals surface area (Å²) in [6.45, 7) is 4.34. The highest BCUT2D eigenvalue weighted by molar-refractivity contribution is 6.09. The van der Waals surface area contributed by atoms with E-state index in [2.05, 4.69) is 17.6 Å². The Morgan fingerprint density at radius 2 is 1.96 bits per heavy atom. The molecule has 0 aromatic heterocycles. The average Bonchev–Trinajstić information content (AvgIpc) is 2.87. The SMILES string of the molecule is CCC1CCC2(CC1)NC(=O)N(CC(=O)N1CCCC(CNC)C1)C2=O. The van der Waals surface area contributed by atoms with Crippen LogP contribution in [0.5, 0.6) is 0 Å². The maximum Gasteiger partial charge on any atom is 0.325 e. The highest BCUT2D eigenvalue weighted by Crippen LogP contribution is 2.37. The fourth-order valence-electron chi connectivity index (χ4n) is 4.72. The molecule has 3 aliphatic rings. The van der Waals surface area contributed by atoms with Crippen molar-refractivity contribution in [2.75, 3.05) is 33.2 Å². The van der Waals surface area contributed by atoms with Crippen molar-refractivity contribution in [1.29, 1.82) is 0 Å². The first kappa shape index (κ1) is 19.1. The first-order chi connectivity index (χ1) is 12.5. The van der Waals surface area contributed by atoms with Crippen LogP contribution in [0, 0.1) is 11.8 Å². The van der Waals surface area contributed by atoms with Gasteiger partial charge in [0.2, 0.25) is 5.91 Å². The lowest BCUT2D eigenvalue weighted by Crippen LogP contribution is -2.51. The topological polar surface area (TPSA) is 81.8 Å². The van der Waals surface area contributed by atoms with Gasteiger partial charge in [-0.25, -0.2) is 4.79 Å². The van der Waals surface area contributed by atoms with E-state index in [1.165, 1.54) is 0 Å². The summed E-state index contributed by atoms with van der Waals surface area (Å²) in [5, 5.41) is 6.07. The highest BCUT2D eigenvalue weighted by Gasteiger charge is 2.52. The normalized spacial score (nSPS) is 32.2. The second-order valence-electron chi connectivity index (χ2n) is 8.16. The van der Waals surface area contributed by atoms with E-state index < -0.39 is 11.6 Å². The number of hydrogen-bond acceptors (Lipinski definition) is 4. The first-order valence-corrected chi connectivity index (χ1v) is 10.1. The molecule has 3 fully saturated rings. The number of hydrogen-bond donors (Lipinski definition) is 2. The van der Waals surface area contributed by atoms with Crippen LogP contribution < -0.4 is 10.6 Å². The number of rotatable bonds is 5. The molecule has 4 amide bonds. The lowest BCUT2D eigenvalue weighted by atomic mass is 9.75. The Balaban J connectivity index is 1.60. The number of likely N-dealkylation sites (tertiary alicyclic amines) is 1. The zero-order chi connectivity index (χ0) is 18.7. The molecule has 1 unspecified atom stereocenters. The van der Waals surface area contributed by atoms with Crippen molar-refractivity contribution in [2.45, 2.75) is 57.4 Å². The third-order valence-corrected chi connectivity index (χ3v) is 6.44. The number of carbonyl (C=O) groups excluding carboxylic acids is 3. The molecule has 2 aliphatic heterocycles. The van der Waals surface area contributed by atoms with Crippen LogP contribution >= 0.6 is 0 Å². The quantitative estimate of drug-likeness (QED) is 0.721. The Bertz CT molecular complexity index is 555. The standard InChI is InChI=1S/C19H32N4O3/c1-3-14-6-8-19(9-7-14)17(25)23(18(26)21-19)13-16(24)22-10-4-5-15(12-22)11-20-2/h14-15,20H,3-13H2,1-2H3,(H,21,26). The van der Waals surface area contributed by atoms with E-state index in [1.54, 1.807) is 0 Å². The molecule has 3 rings (SSSR count). The van der Waals surface area contributed by atoms with Gasteiger partial charge in [-0.3, -0.25) is 14.5 Å². The van der Waals surface area contributed by atoms with Crippen molar-refractivity contribution in [3.63, 3.8) is 0 Å². The third kappa shape index (κ3) is 3.72. The van der Waals surface area contributed by atoms with E-state index in [4.69, 9.17) is 0 Å². The number of nitrogens with zero attached hydrogens (tertiary/aromatic N) is 2. The van der Waals surface area contributed by atoms with Crippen LogP contribution in [0.15, 0.2) is 0 Å². The predicted molar refractivity (Wildman–Crippen MR) is 98.5 cm³/mol. The predicted octanol–water partition coefficient (Wildman–Crippen LogP) is 1.34. The summed E-state index contributed by atoms with van der Waals surface area (Å²) >= 11 is 0. The molecule has 1 spiro atoms. The minimum atomic E-state index is -0.764. The largest absolute Gasteiger partial charge is 0.341 e. The van der Waals surface area contributed by atoms with Crippen molar-refractivity contribution in [2.24, 2.45) is 11.8 Å². The Labute approximate surface area is 155 Å². The Kier molecular flexibility index (Phi) is 5.85. The van der Waals surface area contributed by atoms with Gasteiger partial charge < -0.3 is 15.5 Å². The lowest BCUT2D eigenvalue weighted by Gasteiger charge is -2.35. The molecule has 2 saturated heterocycles. The van der Waals surface area contributed by atoms with E-state index in [9.17, 15) is 14.4 Å². The molecule has 0 bridgehead atoms. The molecule has 0 aromatic carbocycles. The summed E-state index contributed by atoms with van der Waals surface area (Å²) in [4.78, 5) is 41.0. The van der Waals surface area contributed by atoms with Gasteiger partial charge in [-0.2, -0.15) is 0 Å². The van der Waals surface area contributed by atoms with Crippen LogP contribution in [0.25, 0.3) is 0 Å². The summed E-state index contributed by atoms with van der Waals surface area (Å²) in [7, 11) is 1.92. The van der Waals surface area contributed by atoms with Crippen LogP contribution in [0.2, 0.25) is 0 Å². The summed E-state index contributed by atoms with van der Waals surface area (Å²) in [6, 6.07) is -0.401. The molecule has 1 atom stereocenters. The number of amides is 4. The minimum absolute atomic E-state index is 0.117. The molecular weight excluding hydrogens is 332 g/mol. The molecule has 2 heterocycles. The molecule has 26 heavy (non-hydrogen) atoms. The van der Waals surface area contributed by atoms with Crippen molar-refractivity contribution in [1.82, 2.24) is 20.4 Å². The van der Waals surface area contributed by atoms with Crippen LogP contribution in [0.1, 0.15) is 51.9 Å². The molecule has 0 radical (unpaired) electrons. The van der Waals surface area contributed by atoms with Gasteiger partial charge in [-0.1, -0.05) is 13.3 Å². The molecule has 7 nitrogen and oxygen atoms in total. The van der Waals surface area contributed by atoms with Crippen molar-refractivity contribution in [3.05, 3.63) is 0 Å². The van der Waals surface area contributed by atoms with Gasteiger partial charge in [0.1, 0.15) is 12.1 Å². The maximum atomic E-state index is 12.9. The smallest absolute Gasteiger partial charge is 0.325 e. The van der Waals surface area contributed by atoms with Gasteiger partial charge in [0.05, 0.1) is 0 Å². The fraction of sp³-hybridized carbons (Fsp3) is 0.842. The Morgan fingerprint density at radius 3 is 2.62 bits per heavy atom. The molecular formula is C19H32N4O3. The van der Waals surface area contributed by atoms with Gasteiger partial charge in [0, 0.05) is 13.1 Å². The lowest BCUT2D eigenvalue weighted by molar-refractivity contribution is -0.140. The monoisotopic (exact) mass is 364 g/mol. The zero-order valence-electron chi connectivity index (χ0n) is 16.1. The van der Waals surface area contributed by atoms with Gasteiger partial charge in [0.25, 0.3) is 5.91 Å². The maximum absolute atomic E-state index is 12.9. The van der Waals surface area contributed by atoms with Crippen molar-refractivity contribution >= 4 is 17.8 Å². The Morgan fingerprint density at radius 1 is 1.23 bits per heavy atom. The molecule has 1 saturated carbocycles. The van der Waals surface area contributed by atoms with E-state index in [-0.39, 0.29) is 18.4 Å². The van der Waals surface area contributed by atoms with Crippen molar-refractivity contribution in [3.8, 4) is 0 Å². The van der Waals surface area contributed by atoms with Gasteiger partial charge in [-0.05, 0) is 64.0 Å². The van der Waals surface area contributed by atoms with Gasteiger partial charge in [0.15, 0.2) is 0 Å². The Hall–Kier alpha value is -1.63. The summed E-state index contributed by atoms with van der Waals surface area (Å²) in [6.07, 6.45) is 6.49. The molecule has 146 valence electrons. The minimum Gasteiger partial charge on any atom is -0.341 e. The average molecular weight is 364 g/mol. The van der Waals surface area contributed by atoms with Crippen LogP contribution in [0.3, 0.4) is 0 Å². The molecule has 7 heteroatoms. The number of urea groups is 1. The van der Waals surface area contributed by atoms with Crippen molar-refractivity contribution < 1.29 is 14.4 Å². The number of nitrogens with one attached hydrogen (secondary N) is 2. The molecule has 2 N–H and O–H groups in total. The second-order valence-corrected chi connectivity index (χ2v) is 8.16. The van der Waals surface area contributed by atoms with E-state index >= 15 is 0 Å². The summed E-state index contributed by atoms with van der Waals surface area (Å²) in [5.41, 5.74) is -0.764. The second kappa shape index (κ2) is 7.94. The highest BCUT2D eigenvalue weighted by atomic mass is 16.2. The zero-order valence-corrected chi connectivity index (χ0v) is 16.1. The summed E-state index contributed by atoms with van der Waals surface area (Å²) in [5.74, 6) is 0.762. The van der Waals surface area contributed by atoms with Crippen LogP contribution in [0.4, 0.5) is 4.79 Å². The summed E-state index contributed by atoms with van der Waals surface area (Å²) < 4.78 is 0. The number of carbonyl (C=O) groups is 3. The van der Waals surface area contributed by atoms with Gasteiger partial charge in [-0.15, -0.1) is 0 Å². The van der Waals surface area contributed by atoms with E-state index in [0.29, 0.717) is 37.8 Å². The number of imide groups is 1.